The summed E-state index contributed by atoms with van der Waals surface area (Å²) >= 11 is 11.2. The molecular formula is C49H73Br3F3N4O13P3S. The Bertz CT molecular complexity index is 2310. The number of thiophene rings is 1. The Morgan fingerprint density at radius 3 is 1.92 bits per heavy atom. The number of nitrogens with zero attached hydrogens (tertiary/aromatic N) is 4. The van der Waals surface area contributed by atoms with Crippen LogP contribution in [0.3, 0.4) is 0 Å². The van der Waals surface area contributed by atoms with E-state index < -0.39 is 64.1 Å². The highest BCUT2D eigenvalue weighted by molar-refractivity contribution is 9.09. The number of carbonyl (C=O) groups excluding carboxylic acids is 2. The van der Waals surface area contributed by atoms with Crippen molar-refractivity contribution in [2.75, 3.05) is 104 Å². The van der Waals surface area contributed by atoms with Crippen molar-refractivity contribution in [1.29, 1.82) is 5.26 Å². The molecule has 2 atom stereocenters. The number of aromatic nitrogens is 1. The number of para-hydroxylation sites is 1. The molecule has 2 amide bonds. The molecule has 0 radical (unpaired) electrons. The van der Waals surface area contributed by atoms with Gasteiger partial charge >= 0.3 is 30.0 Å². The molecule has 2 aliphatic rings. The number of hydrogen-bond donors (Lipinski definition) is 0. The summed E-state index contributed by atoms with van der Waals surface area (Å²) in [6.07, 6.45) is 2.12. The molecule has 0 spiro atoms. The first kappa shape index (κ1) is 70.0. The van der Waals surface area contributed by atoms with Gasteiger partial charge in [0.15, 0.2) is 0 Å². The minimum Gasteiger partial charge on any atom is -0.493 e. The number of piperidine rings is 2. The van der Waals surface area contributed by atoms with Crippen LogP contribution in [-0.2, 0) is 57.2 Å². The van der Waals surface area contributed by atoms with Gasteiger partial charge in [-0.05, 0) is 70.1 Å². The molecule has 430 valence electrons. The summed E-state index contributed by atoms with van der Waals surface area (Å²) in [5.74, 6) is -0.280. The number of halogens is 6. The van der Waals surface area contributed by atoms with Crippen LogP contribution < -0.4 is 9.47 Å². The number of hydrogen-bond acceptors (Lipinski definition) is 16. The van der Waals surface area contributed by atoms with Crippen molar-refractivity contribution in [3.63, 3.8) is 0 Å². The monoisotopic (exact) mass is 1340 g/mol. The lowest BCUT2D eigenvalue weighted by Crippen LogP contribution is -2.68. The normalized spacial score (nSPS) is 17.5. The van der Waals surface area contributed by atoms with Crippen LogP contribution >= 0.6 is 82.9 Å². The molecule has 3 aromatic rings. The van der Waals surface area contributed by atoms with Crippen molar-refractivity contribution in [3.05, 3.63) is 75.7 Å². The van der Waals surface area contributed by atoms with Crippen molar-refractivity contribution in [2.45, 2.75) is 94.9 Å². The van der Waals surface area contributed by atoms with Crippen molar-refractivity contribution >= 4 is 94.7 Å². The Balaban J connectivity index is 0.000000748. The van der Waals surface area contributed by atoms with Gasteiger partial charge in [-0.2, -0.15) is 18.4 Å². The fourth-order valence-electron chi connectivity index (χ4n) is 8.32. The summed E-state index contributed by atoms with van der Waals surface area (Å²) in [6, 6.07) is 11.5. The van der Waals surface area contributed by atoms with Crippen LogP contribution in [0.4, 0.5) is 13.2 Å². The molecule has 0 bridgehead atoms. The third kappa shape index (κ3) is 20.8. The van der Waals surface area contributed by atoms with Gasteiger partial charge in [-0.3, -0.25) is 23.7 Å². The minimum absolute atomic E-state index is 0.138. The Morgan fingerprint density at radius 2 is 1.45 bits per heavy atom. The number of pyridine rings is 1. The van der Waals surface area contributed by atoms with E-state index in [1.165, 1.54) is 51.1 Å². The first-order chi connectivity index (χ1) is 36.2. The van der Waals surface area contributed by atoms with Gasteiger partial charge in [0.1, 0.15) is 11.5 Å². The van der Waals surface area contributed by atoms with Crippen molar-refractivity contribution in [1.82, 2.24) is 14.8 Å². The Hall–Kier alpha value is -2.06. The van der Waals surface area contributed by atoms with Crippen LogP contribution in [0.15, 0.2) is 54.2 Å². The van der Waals surface area contributed by atoms with Gasteiger partial charge in [0.2, 0.25) is 5.60 Å². The summed E-state index contributed by atoms with van der Waals surface area (Å²) in [7, 11) is 3.09. The number of likely N-dealkylation sites (tertiary alicyclic amines) is 2. The standard InChI is InChI=1S/C38H46F3N4O7PS.C5H12BrO3P.C3H6Br2.C3H9O3P/c1-5-10-33-37(52-28-23-27(2)54-25-28,14-8-18-45(33)34(46)29-24-43-17-13-30(29)38(39,40)41)35(47)44-19-15-36(26-42,16-20-44)31-11-6-7-12-32(31)51-21-9-22-53(48,49-3)50-4;1-8-10(7,9-2)5-3-4-6;4-2-1-3-5;1-4-7(5-2)6-3/h6-7,11-13,17,23-25,33H,5,8-10,14-16,18-22H2,1-4H3;3-5H2,1-2H3;1-3H2;1-3H3/t33-,37+;;;/m1.../s1. The molecule has 0 unspecified atom stereocenters. The van der Waals surface area contributed by atoms with Crippen molar-refractivity contribution in [3.8, 4) is 17.6 Å². The number of ether oxygens (including phenoxy) is 2. The highest BCUT2D eigenvalue weighted by Gasteiger charge is 2.56. The van der Waals surface area contributed by atoms with E-state index in [1.807, 2.05) is 32.0 Å². The first-order valence-corrected chi connectivity index (χ1v) is 33.0. The van der Waals surface area contributed by atoms with Crippen LogP contribution in [0.25, 0.3) is 0 Å². The number of amides is 2. The van der Waals surface area contributed by atoms with Gasteiger partial charge in [0.25, 0.3) is 11.8 Å². The third-order valence-corrected chi connectivity index (χ3v) is 19.5. The Morgan fingerprint density at radius 1 is 0.868 bits per heavy atom. The first-order valence-electron chi connectivity index (χ1n) is 24.2. The van der Waals surface area contributed by atoms with E-state index in [-0.39, 0.29) is 57.6 Å². The maximum atomic E-state index is 15.0. The average molecular weight is 1350 g/mol. The number of aryl methyl sites for hydroxylation is 1. The second-order valence-electron chi connectivity index (χ2n) is 16.8. The quantitative estimate of drug-likeness (QED) is 0.0466. The zero-order valence-corrected chi connectivity index (χ0v) is 52.9. The van der Waals surface area contributed by atoms with Gasteiger partial charge in [0.05, 0.1) is 47.6 Å². The molecule has 27 heteroatoms. The minimum atomic E-state index is -4.79. The molecule has 0 aliphatic carbocycles. The lowest BCUT2D eigenvalue weighted by Gasteiger charge is -2.51. The molecule has 0 saturated carbocycles. The molecule has 2 aromatic heterocycles. The van der Waals surface area contributed by atoms with Crippen molar-refractivity contribution < 1.29 is 73.0 Å². The average Bonchev–Trinajstić information content (AvgIpc) is 3.86. The summed E-state index contributed by atoms with van der Waals surface area (Å²) in [5.41, 5.74) is -3.59. The summed E-state index contributed by atoms with van der Waals surface area (Å²) < 4.78 is 112. The van der Waals surface area contributed by atoms with E-state index in [2.05, 4.69) is 72.4 Å². The van der Waals surface area contributed by atoms with E-state index >= 15 is 4.79 Å². The highest BCUT2D eigenvalue weighted by Crippen LogP contribution is 2.48. The highest BCUT2D eigenvalue weighted by atomic mass is 79.9. The van der Waals surface area contributed by atoms with E-state index in [0.717, 1.165) is 45.7 Å². The Labute approximate surface area is 477 Å². The lowest BCUT2D eigenvalue weighted by atomic mass is 9.72. The van der Waals surface area contributed by atoms with Gasteiger partial charge in [-0.15, -0.1) is 11.3 Å². The fourth-order valence-corrected chi connectivity index (χ4v) is 13.5. The number of nitriles is 1. The molecule has 0 N–H and O–H groups in total. The van der Waals surface area contributed by atoms with Crippen LogP contribution in [0.2, 0.25) is 0 Å². The smallest absolute Gasteiger partial charge is 0.417 e. The lowest BCUT2D eigenvalue weighted by molar-refractivity contribution is -0.160. The topological polar surface area (TPSA) is 195 Å². The van der Waals surface area contributed by atoms with Crippen LogP contribution in [0.5, 0.6) is 11.5 Å². The number of carbonyl (C=O) groups is 2. The molecule has 17 nitrogen and oxygen atoms in total. The van der Waals surface area contributed by atoms with Crippen LogP contribution in [-0.4, -0.2) is 143 Å². The summed E-state index contributed by atoms with van der Waals surface area (Å²) in [6.45, 7) is 4.51. The van der Waals surface area contributed by atoms with Crippen LogP contribution in [0, 0.1) is 18.3 Å². The van der Waals surface area contributed by atoms with E-state index in [1.54, 1.807) is 43.7 Å². The van der Waals surface area contributed by atoms with Gasteiger partial charge < -0.3 is 50.9 Å². The number of alkyl halides is 6. The van der Waals surface area contributed by atoms with Crippen molar-refractivity contribution in [2.24, 2.45) is 0 Å². The maximum absolute atomic E-state index is 15.0. The van der Waals surface area contributed by atoms with E-state index in [9.17, 15) is 32.4 Å². The molecule has 76 heavy (non-hydrogen) atoms. The molecule has 2 fully saturated rings. The van der Waals surface area contributed by atoms with Crippen LogP contribution in [0.1, 0.15) is 91.1 Å². The maximum Gasteiger partial charge on any atom is 0.417 e. The van der Waals surface area contributed by atoms with E-state index in [0.29, 0.717) is 48.9 Å². The Kier molecular flexibility index (Phi) is 32.8. The summed E-state index contributed by atoms with van der Waals surface area (Å²) in [4.78, 5) is 37.0. The largest absolute Gasteiger partial charge is 0.493 e. The SMILES string of the molecule is BrCCCBr.CCC[C@H]1N(C(=O)c2cnccc2C(F)(F)F)CCC[C@@]1(Oc1csc(C)c1)C(=O)N1CCC(C#N)(c2ccccc2OCCCP(=O)(OC)OC)CC1.COP(=O)(CCCBr)OC.COP(OC)OC. The van der Waals surface area contributed by atoms with Gasteiger partial charge in [0, 0.05) is 120 Å². The molecule has 2 aliphatic heterocycles. The fraction of sp³-hybridized carbons (Fsp3) is 0.633. The number of benzene rings is 1. The zero-order chi connectivity index (χ0) is 57.0. The predicted molar refractivity (Wildman–Crippen MR) is 302 cm³/mol. The second-order valence-corrected chi connectivity index (χ2v) is 26.7. The zero-order valence-electron chi connectivity index (χ0n) is 44.6. The third-order valence-electron chi connectivity index (χ3n) is 12.2. The molecular weight excluding hydrogens is 1270 g/mol. The molecule has 4 heterocycles. The van der Waals surface area contributed by atoms with Gasteiger partial charge in [-0.1, -0.05) is 79.3 Å². The van der Waals surface area contributed by atoms with E-state index in [4.69, 9.17) is 27.6 Å². The molecule has 5 rings (SSSR count). The second kappa shape index (κ2) is 35.6. The molecule has 1 aromatic carbocycles. The summed E-state index contributed by atoms with van der Waals surface area (Å²) in [5, 5.41) is 15.5. The van der Waals surface area contributed by atoms with Gasteiger partial charge in [-0.25, -0.2) is 0 Å². The number of rotatable bonds is 24. The molecule has 2 saturated heterocycles. The predicted octanol–water partition coefficient (Wildman–Crippen LogP) is 13.6.